The van der Waals surface area contributed by atoms with Gasteiger partial charge in [-0.3, -0.25) is 9.59 Å². The molecule has 182 valence electrons. The molecule has 0 unspecified atom stereocenters. The number of methoxy groups -OCH3 is 4. The molecule has 0 heterocycles. The third-order valence-corrected chi connectivity index (χ3v) is 5.28. The lowest BCUT2D eigenvalue weighted by Gasteiger charge is -2.17. The summed E-state index contributed by atoms with van der Waals surface area (Å²) >= 11 is 0. The quantitative estimate of drug-likeness (QED) is 0.388. The summed E-state index contributed by atoms with van der Waals surface area (Å²) in [6.07, 6.45) is 0. The molecule has 10 nitrogen and oxygen atoms in total. The molecule has 0 aliphatic carbocycles. The van der Waals surface area contributed by atoms with Crippen LogP contribution in [0.3, 0.4) is 0 Å². The summed E-state index contributed by atoms with van der Waals surface area (Å²) in [4.78, 5) is 38.9. The number of ketones is 2. The lowest BCUT2D eigenvalue weighted by molar-refractivity contribution is 0.0693. The molecule has 3 aromatic rings. The monoisotopic (exact) mass is 482 g/mol. The highest BCUT2D eigenvalue weighted by atomic mass is 16.5. The Bertz CT molecular complexity index is 1280. The maximum atomic E-state index is 13.5. The van der Waals surface area contributed by atoms with Gasteiger partial charge in [-0.2, -0.15) is 0 Å². The first-order valence-electron chi connectivity index (χ1n) is 10.0. The average Bonchev–Trinajstić information content (AvgIpc) is 2.86. The highest BCUT2D eigenvalue weighted by molar-refractivity contribution is 6.21. The molecular formula is C25H22O10. The van der Waals surface area contributed by atoms with Crippen LogP contribution in [-0.4, -0.2) is 61.3 Å². The SMILES string of the molecule is COc1cccc(OC)c1C(=O)c1cc(C(=O)O)c(O)c(C(=O)c2c(OC)cccc2OC)c1O. The number of aromatic hydroxyl groups is 2. The molecule has 3 rings (SSSR count). The summed E-state index contributed by atoms with van der Waals surface area (Å²) in [6.45, 7) is 0. The first-order chi connectivity index (χ1) is 16.7. The van der Waals surface area contributed by atoms with Gasteiger partial charge in [0.25, 0.3) is 0 Å². The summed E-state index contributed by atoms with van der Waals surface area (Å²) in [5, 5.41) is 31.4. The highest BCUT2D eigenvalue weighted by Crippen LogP contribution is 2.42. The molecule has 0 fully saturated rings. The third kappa shape index (κ3) is 4.29. The summed E-state index contributed by atoms with van der Waals surface area (Å²) in [6, 6.07) is 9.71. The molecule has 0 radical (unpaired) electrons. The Balaban J connectivity index is 2.36. The minimum Gasteiger partial charge on any atom is -0.506 e. The number of rotatable bonds is 9. The van der Waals surface area contributed by atoms with Crippen LogP contribution in [0, 0.1) is 0 Å². The summed E-state index contributed by atoms with van der Waals surface area (Å²) in [7, 11) is 5.21. The van der Waals surface area contributed by atoms with Crippen molar-refractivity contribution in [2.45, 2.75) is 0 Å². The van der Waals surface area contributed by atoms with E-state index in [1.54, 1.807) is 12.1 Å². The minimum absolute atomic E-state index is 0.0353. The average molecular weight is 482 g/mol. The number of phenols is 2. The van der Waals surface area contributed by atoms with E-state index in [0.717, 1.165) is 6.07 Å². The van der Waals surface area contributed by atoms with Crippen molar-refractivity contribution in [1.82, 2.24) is 0 Å². The van der Waals surface area contributed by atoms with Gasteiger partial charge in [0.05, 0.1) is 34.0 Å². The van der Waals surface area contributed by atoms with Crippen molar-refractivity contribution in [2.24, 2.45) is 0 Å². The van der Waals surface area contributed by atoms with Crippen LogP contribution in [0.4, 0.5) is 0 Å². The number of hydrogen-bond donors (Lipinski definition) is 3. The number of carboxylic acids is 1. The largest absolute Gasteiger partial charge is 0.506 e. The van der Waals surface area contributed by atoms with Gasteiger partial charge in [0.1, 0.15) is 56.8 Å². The second kappa shape index (κ2) is 10.0. The maximum absolute atomic E-state index is 13.5. The Kier molecular flexibility index (Phi) is 7.14. The number of carboxylic acid groups (broad SMARTS) is 1. The van der Waals surface area contributed by atoms with Crippen LogP contribution >= 0.6 is 0 Å². The van der Waals surface area contributed by atoms with Gasteiger partial charge in [-0.25, -0.2) is 4.79 Å². The van der Waals surface area contributed by atoms with Crippen LogP contribution in [0.2, 0.25) is 0 Å². The van der Waals surface area contributed by atoms with E-state index < -0.39 is 45.7 Å². The molecule has 0 bridgehead atoms. The maximum Gasteiger partial charge on any atom is 0.339 e. The van der Waals surface area contributed by atoms with Crippen molar-refractivity contribution in [3.8, 4) is 34.5 Å². The second-order valence-corrected chi connectivity index (χ2v) is 7.08. The van der Waals surface area contributed by atoms with Gasteiger partial charge in [-0.15, -0.1) is 0 Å². The van der Waals surface area contributed by atoms with E-state index in [0.29, 0.717) is 0 Å². The number of ether oxygens (including phenoxy) is 4. The molecule has 0 amide bonds. The fraction of sp³-hybridized carbons (Fsp3) is 0.160. The third-order valence-electron chi connectivity index (χ3n) is 5.28. The van der Waals surface area contributed by atoms with Crippen LogP contribution < -0.4 is 18.9 Å². The topological polar surface area (TPSA) is 149 Å². The van der Waals surface area contributed by atoms with E-state index in [1.807, 2.05) is 0 Å². The van der Waals surface area contributed by atoms with Crippen molar-refractivity contribution in [3.05, 3.63) is 70.3 Å². The van der Waals surface area contributed by atoms with Crippen LogP contribution in [0.15, 0.2) is 42.5 Å². The van der Waals surface area contributed by atoms with Crippen LogP contribution in [0.25, 0.3) is 0 Å². The molecule has 0 aliphatic heterocycles. The smallest absolute Gasteiger partial charge is 0.339 e. The van der Waals surface area contributed by atoms with Gasteiger partial charge in [0, 0.05) is 0 Å². The van der Waals surface area contributed by atoms with Gasteiger partial charge < -0.3 is 34.3 Å². The first-order valence-corrected chi connectivity index (χ1v) is 10.0. The summed E-state index contributed by atoms with van der Waals surface area (Å²) in [5.41, 5.74) is -2.48. The van der Waals surface area contributed by atoms with Gasteiger partial charge in [-0.05, 0) is 30.3 Å². The Morgan fingerprint density at radius 3 is 1.34 bits per heavy atom. The zero-order valence-corrected chi connectivity index (χ0v) is 19.2. The normalized spacial score (nSPS) is 10.4. The first kappa shape index (κ1) is 24.9. The molecule has 0 aliphatic rings. The highest BCUT2D eigenvalue weighted by Gasteiger charge is 2.33. The van der Waals surface area contributed by atoms with Gasteiger partial charge in [-0.1, -0.05) is 12.1 Å². The summed E-state index contributed by atoms with van der Waals surface area (Å²) < 4.78 is 20.9. The molecule has 0 saturated carbocycles. The molecule has 0 aromatic heterocycles. The number of benzene rings is 3. The standard InChI is InChI=1S/C25H22O10/c1-32-14-7-5-8-15(33-2)18(14)21(26)12-11-13(25(30)31)23(28)20(22(12)27)24(29)19-16(34-3)9-6-10-17(19)35-4/h5-11,27-28H,1-4H3,(H,30,31). The van der Waals surface area contributed by atoms with E-state index in [-0.39, 0.29) is 34.1 Å². The fourth-order valence-electron chi connectivity index (χ4n) is 3.62. The predicted molar refractivity (Wildman–Crippen MR) is 123 cm³/mol. The molecule has 10 heteroatoms. The van der Waals surface area contributed by atoms with Crippen LogP contribution in [0.5, 0.6) is 34.5 Å². The minimum atomic E-state index is -1.63. The number of carbonyl (C=O) groups excluding carboxylic acids is 2. The molecule has 0 saturated heterocycles. The second-order valence-electron chi connectivity index (χ2n) is 7.08. The van der Waals surface area contributed by atoms with Crippen molar-refractivity contribution in [1.29, 1.82) is 0 Å². The Hall–Kier alpha value is -4.73. The predicted octanol–water partition coefficient (Wildman–Crippen LogP) is 3.29. The fourth-order valence-corrected chi connectivity index (χ4v) is 3.62. The van der Waals surface area contributed by atoms with Crippen LogP contribution in [0.1, 0.15) is 42.2 Å². The van der Waals surface area contributed by atoms with E-state index in [4.69, 9.17) is 18.9 Å². The molecule has 3 N–H and O–H groups in total. The van der Waals surface area contributed by atoms with E-state index in [1.165, 1.54) is 52.7 Å². The molecular weight excluding hydrogens is 460 g/mol. The van der Waals surface area contributed by atoms with E-state index in [2.05, 4.69) is 0 Å². The zero-order chi connectivity index (χ0) is 25.9. The lowest BCUT2D eigenvalue weighted by Crippen LogP contribution is -2.14. The molecule has 3 aromatic carbocycles. The van der Waals surface area contributed by atoms with Crippen molar-refractivity contribution in [2.75, 3.05) is 28.4 Å². The molecule has 0 spiro atoms. The lowest BCUT2D eigenvalue weighted by atomic mass is 9.91. The van der Waals surface area contributed by atoms with Gasteiger partial charge in [0.2, 0.25) is 11.6 Å². The Morgan fingerprint density at radius 1 is 0.600 bits per heavy atom. The molecule has 0 atom stereocenters. The van der Waals surface area contributed by atoms with Crippen LogP contribution in [-0.2, 0) is 0 Å². The van der Waals surface area contributed by atoms with Crippen molar-refractivity contribution >= 4 is 17.5 Å². The van der Waals surface area contributed by atoms with E-state index in [9.17, 15) is 29.7 Å². The van der Waals surface area contributed by atoms with Crippen molar-refractivity contribution in [3.63, 3.8) is 0 Å². The Labute approximate surface area is 199 Å². The Morgan fingerprint density at radius 2 is 0.971 bits per heavy atom. The number of hydrogen-bond acceptors (Lipinski definition) is 9. The number of aromatic carboxylic acids is 1. The number of carbonyl (C=O) groups is 3. The van der Waals surface area contributed by atoms with Gasteiger partial charge >= 0.3 is 5.97 Å². The van der Waals surface area contributed by atoms with E-state index >= 15 is 0 Å². The summed E-state index contributed by atoms with van der Waals surface area (Å²) in [5.74, 6) is -5.31. The van der Waals surface area contributed by atoms with Gasteiger partial charge in [0.15, 0.2) is 0 Å². The molecule has 35 heavy (non-hydrogen) atoms. The zero-order valence-electron chi connectivity index (χ0n) is 19.2. The number of phenolic OH excluding ortho intramolecular Hbond substituents is 1. The van der Waals surface area contributed by atoms with Crippen molar-refractivity contribution < 1.29 is 48.7 Å².